The van der Waals surface area contributed by atoms with E-state index in [1.54, 1.807) is 38.4 Å². The Hall–Kier alpha value is -4.18. The molecule has 3 aliphatic rings. The number of carbonyl (C=O) groups is 2. The van der Waals surface area contributed by atoms with Crippen LogP contribution in [0.25, 0.3) is 22.4 Å². The number of oxazole rings is 1. The molecule has 3 N–H and O–H groups in total. The van der Waals surface area contributed by atoms with Crippen LogP contribution in [0, 0.1) is 12.8 Å². The number of aromatic nitrogens is 3. The second kappa shape index (κ2) is 10.2. The van der Waals surface area contributed by atoms with Gasteiger partial charge >= 0.3 is 0 Å². The number of fused-ring (bicyclic) bond motifs is 2. The molecule has 0 spiro atoms. The number of hydrogen-bond acceptors (Lipinski definition) is 8. The van der Waals surface area contributed by atoms with Gasteiger partial charge in [0.1, 0.15) is 29.2 Å². The smallest absolute Gasteiger partial charge is 0.251 e. The lowest BCUT2D eigenvalue weighted by molar-refractivity contribution is -0.123. The van der Waals surface area contributed by atoms with E-state index in [1.807, 2.05) is 13.0 Å². The zero-order valence-electron chi connectivity index (χ0n) is 24.2. The van der Waals surface area contributed by atoms with Crippen LogP contribution in [-0.2, 0) is 10.2 Å². The van der Waals surface area contributed by atoms with Crippen molar-refractivity contribution in [1.82, 2.24) is 20.3 Å². The largest absolute Gasteiger partial charge is 0.494 e. The van der Waals surface area contributed by atoms with Crippen LogP contribution in [0.5, 0.6) is 11.5 Å². The number of ether oxygens (including phenoxy) is 2. The predicted octanol–water partition coefficient (Wildman–Crippen LogP) is 5.19. The van der Waals surface area contributed by atoms with E-state index in [9.17, 15) is 9.59 Å². The summed E-state index contributed by atoms with van der Waals surface area (Å²) in [6, 6.07) is 7.11. The van der Waals surface area contributed by atoms with Crippen molar-refractivity contribution >= 4 is 34.5 Å². The summed E-state index contributed by atoms with van der Waals surface area (Å²) < 4.78 is 17.6. The van der Waals surface area contributed by atoms with Gasteiger partial charge in [0, 0.05) is 47.0 Å². The molecule has 1 aliphatic heterocycles. The number of carbonyl (C=O) groups excluding carboxylic acids is 2. The maximum absolute atomic E-state index is 13.5. The van der Waals surface area contributed by atoms with Gasteiger partial charge in [0.2, 0.25) is 5.91 Å². The number of aryl methyl sites for hydroxylation is 1. The van der Waals surface area contributed by atoms with Crippen molar-refractivity contribution in [3.63, 3.8) is 0 Å². The minimum Gasteiger partial charge on any atom is -0.494 e. The standard InChI is InChI=1S/C32H32ClN5O5/c1-15-25(33)19(8-9-35-15)26-28-21(32(2,14-42-28)31(34)40)12-22(37-26)20(16-4-5-16)13-36-29(39)18-10-23(41-3)27-24(11-18)43-30(38-27)17-6-7-17/h8-12,16-17,20H,4-7,13-14H2,1-3H3,(H2,34,40)(H,36,39)/t20-,32-/m0/s1. The van der Waals surface area contributed by atoms with Gasteiger partial charge in [-0.3, -0.25) is 14.6 Å². The topological polar surface area (TPSA) is 142 Å². The number of methoxy groups -OCH3 is 1. The molecule has 2 saturated carbocycles. The Balaban J connectivity index is 1.23. The first-order valence-corrected chi connectivity index (χ1v) is 14.9. The van der Waals surface area contributed by atoms with Gasteiger partial charge in [-0.25, -0.2) is 9.97 Å². The number of pyridine rings is 2. The molecule has 2 atom stereocenters. The van der Waals surface area contributed by atoms with Gasteiger partial charge in [-0.05, 0) is 69.7 Å². The Kier molecular flexibility index (Phi) is 6.57. The van der Waals surface area contributed by atoms with Crippen LogP contribution >= 0.6 is 11.6 Å². The highest BCUT2D eigenvalue weighted by molar-refractivity contribution is 6.34. The van der Waals surface area contributed by atoms with E-state index >= 15 is 0 Å². The van der Waals surface area contributed by atoms with E-state index in [1.165, 1.54) is 0 Å². The number of nitrogens with one attached hydrogen (secondary N) is 1. The molecular weight excluding hydrogens is 570 g/mol. The average molecular weight is 602 g/mol. The molecular formula is C32H32ClN5O5. The Labute approximate surface area is 253 Å². The normalized spacial score (nSPS) is 20.0. The van der Waals surface area contributed by atoms with Crippen LogP contribution in [0.3, 0.4) is 0 Å². The molecule has 11 heteroatoms. The van der Waals surface area contributed by atoms with Gasteiger partial charge < -0.3 is 24.9 Å². The highest BCUT2D eigenvalue weighted by Crippen LogP contribution is 2.49. The lowest BCUT2D eigenvalue weighted by Crippen LogP contribution is -2.40. The zero-order valence-corrected chi connectivity index (χ0v) is 25.0. The van der Waals surface area contributed by atoms with E-state index in [4.69, 9.17) is 36.2 Å². The summed E-state index contributed by atoms with van der Waals surface area (Å²) in [5.41, 5.74) is 9.71. The van der Waals surface area contributed by atoms with Gasteiger partial charge in [0.15, 0.2) is 17.0 Å². The summed E-state index contributed by atoms with van der Waals surface area (Å²) in [6.45, 7) is 4.06. The van der Waals surface area contributed by atoms with Crippen molar-refractivity contribution in [2.75, 3.05) is 20.3 Å². The van der Waals surface area contributed by atoms with Crippen molar-refractivity contribution in [3.8, 4) is 22.8 Å². The number of hydrogen-bond donors (Lipinski definition) is 2. The Morgan fingerprint density at radius 3 is 2.70 bits per heavy atom. The lowest BCUT2D eigenvalue weighted by atomic mass is 9.82. The first kappa shape index (κ1) is 27.6. The van der Waals surface area contributed by atoms with Crippen LogP contribution in [0.2, 0.25) is 5.02 Å². The molecule has 0 radical (unpaired) electrons. The Bertz CT molecular complexity index is 1800. The van der Waals surface area contributed by atoms with Crippen LogP contribution in [0.1, 0.15) is 77.6 Å². The van der Waals surface area contributed by atoms with E-state index in [-0.39, 0.29) is 18.4 Å². The number of primary amides is 1. The number of benzene rings is 1. The molecule has 0 unspecified atom stereocenters. The maximum Gasteiger partial charge on any atom is 0.251 e. The SMILES string of the molecule is COc1cc(C(=O)NC[C@H](c2cc3c(c(-c4ccnc(C)c4Cl)n2)OC[C@]3(C)C(N)=O)C2CC2)cc2oc(C3CC3)nc12. The molecule has 10 nitrogen and oxygen atoms in total. The predicted molar refractivity (Wildman–Crippen MR) is 160 cm³/mol. The number of nitrogens with zero attached hydrogens (tertiary/aromatic N) is 3. The minimum atomic E-state index is -1.03. The number of rotatable bonds is 9. The van der Waals surface area contributed by atoms with Gasteiger partial charge in [-0.2, -0.15) is 0 Å². The average Bonchev–Trinajstić information content (AvgIpc) is 3.94. The zero-order chi connectivity index (χ0) is 30.0. The third kappa shape index (κ3) is 4.77. The number of nitrogens with two attached hydrogens (primary N) is 1. The van der Waals surface area contributed by atoms with E-state index in [0.29, 0.717) is 80.0 Å². The molecule has 4 heterocycles. The molecule has 4 aromatic rings. The fourth-order valence-corrected chi connectivity index (χ4v) is 6.04. The van der Waals surface area contributed by atoms with Crippen molar-refractivity contribution in [2.24, 2.45) is 11.7 Å². The summed E-state index contributed by atoms with van der Waals surface area (Å²) in [5.74, 6) is 1.50. The monoisotopic (exact) mass is 601 g/mol. The van der Waals surface area contributed by atoms with Crippen LogP contribution in [0.4, 0.5) is 0 Å². The van der Waals surface area contributed by atoms with E-state index < -0.39 is 11.3 Å². The number of halogens is 1. The molecule has 0 saturated heterocycles. The Morgan fingerprint density at radius 2 is 2.00 bits per heavy atom. The fourth-order valence-electron chi connectivity index (χ4n) is 5.83. The molecule has 222 valence electrons. The van der Waals surface area contributed by atoms with Gasteiger partial charge in [-0.1, -0.05) is 11.6 Å². The van der Waals surface area contributed by atoms with Gasteiger partial charge in [-0.15, -0.1) is 0 Å². The summed E-state index contributed by atoms with van der Waals surface area (Å²) in [7, 11) is 1.56. The molecule has 3 aromatic heterocycles. The highest BCUT2D eigenvalue weighted by Gasteiger charge is 2.45. The third-order valence-electron chi connectivity index (χ3n) is 8.89. The van der Waals surface area contributed by atoms with Crippen LogP contribution in [-0.4, -0.2) is 47.0 Å². The minimum absolute atomic E-state index is 0.107. The first-order valence-electron chi connectivity index (χ1n) is 14.5. The Morgan fingerprint density at radius 1 is 1.21 bits per heavy atom. The summed E-state index contributed by atoms with van der Waals surface area (Å²) in [5, 5.41) is 3.57. The molecule has 43 heavy (non-hydrogen) atoms. The molecule has 7 rings (SSSR count). The van der Waals surface area contributed by atoms with E-state index in [2.05, 4.69) is 15.3 Å². The lowest BCUT2D eigenvalue weighted by Gasteiger charge is -2.22. The molecule has 2 aliphatic carbocycles. The van der Waals surface area contributed by atoms with Gasteiger partial charge in [0.25, 0.3) is 5.91 Å². The van der Waals surface area contributed by atoms with Crippen LogP contribution < -0.4 is 20.5 Å². The summed E-state index contributed by atoms with van der Waals surface area (Å²) in [4.78, 5) is 40.1. The summed E-state index contributed by atoms with van der Waals surface area (Å²) >= 11 is 6.70. The molecule has 1 aromatic carbocycles. The molecule has 2 amide bonds. The molecule has 0 bridgehead atoms. The van der Waals surface area contributed by atoms with Crippen LogP contribution in [0.15, 0.2) is 34.9 Å². The van der Waals surface area contributed by atoms with Crippen molar-refractivity contribution in [3.05, 3.63) is 63.9 Å². The quantitative estimate of drug-likeness (QED) is 0.267. The van der Waals surface area contributed by atoms with E-state index in [0.717, 1.165) is 31.4 Å². The molecule has 2 fully saturated rings. The summed E-state index contributed by atoms with van der Waals surface area (Å²) in [6.07, 6.45) is 5.80. The fraction of sp³-hybridized carbons (Fsp3) is 0.406. The van der Waals surface area contributed by atoms with Crippen molar-refractivity contribution < 1.29 is 23.5 Å². The second-order valence-electron chi connectivity index (χ2n) is 12.0. The highest BCUT2D eigenvalue weighted by atomic mass is 35.5. The maximum atomic E-state index is 13.5. The first-order chi connectivity index (χ1) is 20.7. The van der Waals surface area contributed by atoms with Crippen molar-refractivity contribution in [2.45, 2.75) is 56.8 Å². The second-order valence-corrected chi connectivity index (χ2v) is 12.4. The number of amides is 2. The third-order valence-corrected chi connectivity index (χ3v) is 9.37. The van der Waals surface area contributed by atoms with Gasteiger partial charge in [0.05, 0.1) is 17.8 Å². The van der Waals surface area contributed by atoms with Crippen molar-refractivity contribution in [1.29, 1.82) is 0 Å².